The fraction of sp³-hybridized carbons (Fsp3) is 0. The molecule has 0 amide bonds. The Labute approximate surface area is 132 Å². The van der Waals surface area contributed by atoms with Crippen LogP contribution in [0, 0.1) is 25.4 Å². The van der Waals surface area contributed by atoms with Crippen LogP contribution in [0.15, 0.2) is 36.4 Å². The van der Waals surface area contributed by atoms with Crippen molar-refractivity contribution < 1.29 is 14.7 Å². The van der Waals surface area contributed by atoms with Crippen LogP contribution in [0.2, 0.25) is 5.02 Å². The first-order chi connectivity index (χ1) is 10.9. The molecule has 2 aromatic carbocycles. The summed E-state index contributed by atoms with van der Waals surface area (Å²) in [5.74, 6) is 0. The fourth-order valence-electron chi connectivity index (χ4n) is 2.09. The Kier molecular flexibility index (Phi) is 3.30. The number of benzene rings is 2. The number of non-ortho nitro benzene ring substituents is 2. The van der Waals surface area contributed by atoms with Crippen LogP contribution in [0.3, 0.4) is 0 Å². The topological polar surface area (TPSA) is 131 Å². The molecule has 0 aliphatic carbocycles. The molecule has 0 saturated carbocycles. The van der Waals surface area contributed by atoms with Crippen LogP contribution >= 0.6 is 11.6 Å². The van der Waals surface area contributed by atoms with Gasteiger partial charge >= 0.3 is 11.2 Å². The largest absolute Gasteiger partial charge is 0.692 e. The maximum absolute atomic E-state index is 12.3. The lowest BCUT2D eigenvalue weighted by molar-refractivity contribution is -0.664. The van der Waals surface area contributed by atoms with E-state index in [2.05, 4.69) is 5.10 Å². The Morgan fingerprint density at radius 1 is 1.13 bits per heavy atom. The minimum atomic E-state index is -0.834. The van der Waals surface area contributed by atoms with Crippen LogP contribution in [-0.4, -0.2) is 19.7 Å². The standard InChI is InChI=1S/C12H6ClN5O5/c13-8-3-1-2-4-9(8)15-14-12-10(16(15)19)5-7(17(20)21)6-11(12)18(22)23/h1-6H. The number of nitro groups is 2. The molecule has 0 atom stereocenters. The summed E-state index contributed by atoms with van der Waals surface area (Å²) in [5, 5.41) is 38.4. The number of hydrogen-bond donors (Lipinski definition) is 0. The second-order valence-corrected chi connectivity index (χ2v) is 4.87. The Morgan fingerprint density at radius 3 is 2.43 bits per heavy atom. The van der Waals surface area contributed by atoms with E-state index >= 15 is 0 Å². The molecule has 0 unspecified atom stereocenters. The van der Waals surface area contributed by atoms with Crippen molar-refractivity contribution in [3.05, 3.63) is 66.9 Å². The second kappa shape index (κ2) is 5.18. The molecule has 23 heavy (non-hydrogen) atoms. The van der Waals surface area contributed by atoms with Crippen LogP contribution < -0.4 is 4.85 Å². The van der Waals surface area contributed by atoms with Gasteiger partial charge in [-0.2, -0.15) is 0 Å². The monoisotopic (exact) mass is 335 g/mol. The van der Waals surface area contributed by atoms with E-state index in [1.54, 1.807) is 12.1 Å². The van der Waals surface area contributed by atoms with Crippen LogP contribution in [0.25, 0.3) is 16.7 Å². The lowest BCUT2D eigenvalue weighted by atomic mass is 10.2. The minimum Gasteiger partial charge on any atom is -0.692 e. The number of fused-ring (bicyclic) bond motifs is 1. The number of halogens is 1. The third-order valence-electron chi connectivity index (χ3n) is 3.10. The van der Waals surface area contributed by atoms with E-state index in [1.807, 2.05) is 0 Å². The molecule has 3 rings (SSSR count). The number of para-hydroxylation sites is 1. The van der Waals surface area contributed by atoms with Crippen LogP contribution in [-0.2, 0) is 0 Å². The smallest absolute Gasteiger partial charge is 0.334 e. The zero-order valence-corrected chi connectivity index (χ0v) is 11.9. The lowest BCUT2D eigenvalue weighted by Crippen LogP contribution is -2.37. The summed E-state index contributed by atoms with van der Waals surface area (Å²) in [6.07, 6.45) is 0. The Hall–Kier alpha value is -3.27. The molecule has 0 aliphatic rings. The van der Waals surface area contributed by atoms with Gasteiger partial charge in [-0.1, -0.05) is 23.7 Å². The van der Waals surface area contributed by atoms with Crippen molar-refractivity contribution in [1.29, 1.82) is 0 Å². The molecule has 0 N–H and O–H groups in total. The zero-order valence-electron chi connectivity index (χ0n) is 11.1. The van der Waals surface area contributed by atoms with E-state index < -0.39 is 21.2 Å². The fourth-order valence-corrected chi connectivity index (χ4v) is 2.30. The van der Waals surface area contributed by atoms with E-state index in [1.165, 1.54) is 12.1 Å². The number of rotatable bonds is 3. The highest BCUT2D eigenvalue weighted by Gasteiger charge is 2.30. The molecule has 1 aromatic heterocycles. The maximum Gasteiger partial charge on any atom is 0.334 e. The molecule has 116 valence electrons. The van der Waals surface area contributed by atoms with Crippen molar-refractivity contribution in [3.63, 3.8) is 0 Å². The molecule has 0 saturated heterocycles. The highest BCUT2D eigenvalue weighted by atomic mass is 35.5. The zero-order chi connectivity index (χ0) is 16.7. The Morgan fingerprint density at radius 2 is 1.83 bits per heavy atom. The second-order valence-electron chi connectivity index (χ2n) is 4.46. The summed E-state index contributed by atoms with van der Waals surface area (Å²) in [6, 6.07) is 7.92. The highest BCUT2D eigenvalue weighted by Crippen LogP contribution is 2.29. The van der Waals surface area contributed by atoms with E-state index in [-0.39, 0.29) is 26.6 Å². The van der Waals surface area contributed by atoms with Gasteiger partial charge in [0.2, 0.25) is 5.52 Å². The molecule has 0 spiro atoms. The molecule has 0 fully saturated rings. The minimum absolute atomic E-state index is 0.192. The van der Waals surface area contributed by atoms with Crippen molar-refractivity contribution in [2.24, 2.45) is 0 Å². The molecule has 10 nitrogen and oxygen atoms in total. The van der Waals surface area contributed by atoms with E-state index in [9.17, 15) is 25.4 Å². The molecule has 0 aliphatic heterocycles. The first-order valence-corrected chi connectivity index (χ1v) is 6.48. The van der Waals surface area contributed by atoms with E-state index in [0.29, 0.717) is 0 Å². The van der Waals surface area contributed by atoms with Crippen molar-refractivity contribution >= 4 is 34.0 Å². The van der Waals surface area contributed by atoms with Crippen molar-refractivity contribution in [1.82, 2.24) is 9.90 Å². The van der Waals surface area contributed by atoms with Gasteiger partial charge in [0, 0.05) is 0 Å². The summed E-state index contributed by atoms with van der Waals surface area (Å²) < 4.78 is 0. The van der Waals surface area contributed by atoms with Gasteiger partial charge < -0.3 is 5.21 Å². The highest BCUT2D eigenvalue weighted by molar-refractivity contribution is 6.32. The predicted molar refractivity (Wildman–Crippen MR) is 78.3 cm³/mol. The van der Waals surface area contributed by atoms with Gasteiger partial charge in [-0.3, -0.25) is 20.2 Å². The van der Waals surface area contributed by atoms with Gasteiger partial charge in [-0.05, 0) is 16.9 Å². The van der Waals surface area contributed by atoms with Crippen LogP contribution in [0.1, 0.15) is 0 Å². The van der Waals surface area contributed by atoms with Gasteiger partial charge in [-0.25, -0.2) is 0 Å². The van der Waals surface area contributed by atoms with Gasteiger partial charge in [0.15, 0.2) is 0 Å². The molecule has 0 bridgehead atoms. The molecule has 11 heteroatoms. The first-order valence-electron chi connectivity index (χ1n) is 6.10. The third-order valence-corrected chi connectivity index (χ3v) is 3.42. The Bertz CT molecular complexity index is 970. The molecule has 0 radical (unpaired) electrons. The Balaban J connectivity index is 2.38. The van der Waals surface area contributed by atoms with Gasteiger partial charge in [0.1, 0.15) is 5.69 Å². The van der Waals surface area contributed by atoms with Crippen molar-refractivity contribution in [3.8, 4) is 5.69 Å². The van der Waals surface area contributed by atoms with E-state index in [4.69, 9.17) is 11.6 Å². The molecule has 1 heterocycles. The van der Waals surface area contributed by atoms with Crippen molar-refractivity contribution in [2.75, 3.05) is 0 Å². The lowest BCUT2D eigenvalue weighted by Gasteiger charge is -2.04. The van der Waals surface area contributed by atoms with Gasteiger partial charge in [0.25, 0.3) is 5.69 Å². The SMILES string of the molecule is O=[N+]([O-])c1cc([N+](=O)[O-])c2nn(-c3ccccc3Cl)[n+]([O-])c2c1. The number of hydrogen-bond acceptors (Lipinski definition) is 6. The first kappa shape index (κ1) is 14.7. The molecule has 3 aromatic rings. The third kappa shape index (κ3) is 2.30. The summed E-state index contributed by atoms with van der Waals surface area (Å²) in [4.78, 5) is 21.4. The average molecular weight is 336 g/mol. The summed E-state index contributed by atoms with van der Waals surface area (Å²) in [7, 11) is 0. The van der Waals surface area contributed by atoms with Crippen LogP contribution in [0.4, 0.5) is 11.4 Å². The predicted octanol–water partition coefficient (Wildman–Crippen LogP) is 2.13. The maximum atomic E-state index is 12.3. The van der Waals surface area contributed by atoms with Crippen LogP contribution in [0.5, 0.6) is 0 Å². The normalized spacial score (nSPS) is 10.8. The summed E-state index contributed by atoms with van der Waals surface area (Å²) in [5.41, 5.74) is -1.59. The summed E-state index contributed by atoms with van der Waals surface area (Å²) in [6.45, 7) is 0. The number of nitrogens with zero attached hydrogens (tertiary/aromatic N) is 5. The average Bonchev–Trinajstić information content (AvgIpc) is 2.84. The van der Waals surface area contributed by atoms with E-state index in [0.717, 1.165) is 16.9 Å². The van der Waals surface area contributed by atoms with Crippen molar-refractivity contribution in [2.45, 2.75) is 0 Å². The van der Waals surface area contributed by atoms with Gasteiger partial charge in [0.05, 0.1) is 32.1 Å². The summed E-state index contributed by atoms with van der Waals surface area (Å²) >= 11 is 5.99. The quantitative estimate of drug-likeness (QED) is 0.312. The number of nitro benzene ring substituents is 2. The number of aromatic nitrogens is 3. The molecular formula is C12H6ClN5O5. The van der Waals surface area contributed by atoms with Gasteiger partial charge in [-0.15, -0.1) is 4.85 Å². The molecular weight excluding hydrogens is 330 g/mol.